The highest BCUT2D eigenvalue weighted by Gasteiger charge is 2.47. The number of nitrogens with two attached hydrogens (primary N) is 1. The second-order valence-corrected chi connectivity index (χ2v) is 8.73. The number of aromatic nitrogens is 6. The lowest BCUT2D eigenvalue weighted by Gasteiger charge is -2.36. The first-order valence-corrected chi connectivity index (χ1v) is 10.5. The highest BCUT2D eigenvalue weighted by Crippen LogP contribution is 2.47. The van der Waals surface area contributed by atoms with Crippen LogP contribution in [0.15, 0.2) is 30.7 Å². The molecule has 10 heteroatoms. The van der Waals surface area contributed by atoms with E-state index in [4.69, 9.17) is 5.73 Å². The molecule has 2 saturated carbocycles. The third-order valence-corrected chi connectivity index (χ3v) is 6.39. The van der Waals surface area contributed by atoms with Gasteiger partial charge < -0.3 is 15.6 Å². The van der Waals surface area contributed by atoms with Crippen molar-refractivity contribution in [3.8, 4) is 11.1 Å². The van der Waals surface area contributed by atoms with E-state index in [2.05, 4.69) is 25.4 Å². The van der Waals surface area contributed by atoms with Crippen LogP contribution in [0.2, 0.25) is 0 Å². The summed E-state index contributed by atoms with van der Waals surface area (Å²) < 4.78 is 30.6. The fourth-order valence-corrected chi connectivity index (χ4v) is 4.68. The minimum absolute atomic E-state index is 0.159. The molecule has 160 valence electrons. The molecule has 4 aromatic heterocycles. The van der Waals surface area contributed by atoms with Gasteiger partial charge in [-0.05, 0) is 31.9 Å². The van der Waals surface area contributed by atoms with E-state index in [1.807, 2.05) is 29.8 Å². The number of nitrogens with one attached hydrogen (secondary N) is 1. The molecular weight excluding hydrogens is 402 g/mol. The Bertz CT molecular complexity index is 1300. The molecule has 8 nitrogen and oxygen atoms in total. The summed E-state index contributed by atoms with van der Waals surface area (Å²) in [5, 5.41) is 7.86. The fraction of sp³-hybridized carbons (Fsp3) is 0.429. The topological polar surface area (TPSA) is 98.9 Å². The third kappa shape index (κ3) is 3.04. The summed E-state index contributed by atoms with van der Waals surface area (Å²) in [6, 6.07) is 4.25. The maximum Gasteiger partial charge on any atom is 0.252 e. The molecule has 4 aromatic rings. The van der Waals surface area contributed by atoms with Gasteiger partial charge in [0.15, 0.2) is 5.65 Å². The Kier molecular flexibility index (Phi) is 3.86. The molecule has 2 fully saturated rings. The van der Waals surface area contributed by atoms with Gasteiger partial charge in [0.2, 0.25) is 5.95 Å². The fourth-order valence-electron chi connectivity index (χ4n) is 4.68. The number of anilines is 1. The number of fused-ring (bicyclic) bond motifs is 2. The molecule has 0 aliphatic heterocycles. The summed E-state index contributed by atoms with van der Waals surface area (Å²) in [7, 11) is 0. The van der Waals surface area contributed by atoms with Crippen LogP contribution in [-0.2, 0) is 0 Å². The number of hydrogen-bond donors (Lipinski definition) is 2. The molecule has 0 spiro atoms. The summed E-state index contributed by atoms with van der Waals surface area (Å²) in [4.78, 5) is 13.4. The molecule has 0 aromatic carbocycles. The molecule has 31 heavy (non-hydrogen) atoms. The highest BCUT2D eigenvalue weighted by atomic mass is 19.3. The average molecular weight is 424 g/mol. The monoisotopic (exact) mass is 424 g/mol. The molecule has 2 aliphatic carbocycles. The van der Waals surface area contributed by atoms with Crippen LogP contribution >= 0.6 is 0 Å². The summed E-state index contributed by atoms with van der Waals surface area (Å²) in [5.74, 6) is -1.32. The normalized spacial score (nSPS) is 23.1. The Labute approximate surface area is 176 Å². The lowest BCUT2D eigenvalue weighted by molar-refractivity contribution is -0.103. The van der Waals surface area contributed by atoms with Crippen molar-refractivity contribution in [2.24, 2.45) is 5.73 Å². The Morgan fingerprint density at radius 3 is 2.71 bits per heavy atom. The number of aryl methyl sites for hydroxylation is 1. The molecule has 2 aliphatic rings. The zero-order valence-electron chi connectivity index (χ0n) is 17.0. The molecule has 3 N–H and O–H groups in total. The zero-order chi connectivity index (χ0) is 21.3. The molecule has 0 atom stereocenters. The Morgan fingerprint density at radius 2 is 1.97 bits per heavy atom. The van der Waals surface area contributed by atoms with Gasteiger partial charge in [0.1, 0.15) is 5.82 Å². The van der Waals surface area contributed by atoms with E-state index in [0.717, 1.165) is 35.0 Å². The van der Waals surface area contributed by atoms with E-state index in [1.54, 1.807) is 16.9 Å². The first kappa shape index (κ1) is 18.6. The van der Waals surface area contributed by atoms with Crippen LogP contribution in [0.25, 0.3) is 27.8 Å². The van der Waals surface area contributed by atoms with Crippen molar-refractivity contribution in [2.45, 2.75) is 56.7 Å². The van der Waals surface area contributed by atoms with Crippen molar-refractivity contribution < 1.29 is 8.78 Å². The highest BCUT2D eigenvalue weighted by molar-refractivity contribution is 5.85. The molecule has 6 rings (SSSR count). The molecule has 0 unspecified atom stereocenters. The largest absolute Gasteiger partial charge is 0.350 e. The Balaban J connectivity index is 1.35. The second-order valence-electron chi connectivity index (χ2n) is 8.73. The quantitative estimate of drug-likeness (QED) is 0.521. The van der Waals surface area contributed by atoms with Crippen LogP contribution in [0, 0.1) is 6.92 Å². The summed E-state index contributed by atoms with van der Waals surface area (Å²) in [6.45, 7) is 1.84. The van der Waals surface area contributed by atoms with E-state index >= 15 is 0 Å². The van der Waals surface area contributed by atoms with Crippen molar-refractivity contribution in [1.82, 2.24) is 29.1 Å². The van der Waals surface area contributed by atoms with Gasteiger partial charge in [0.25, 0.3) is 5.92 Å². The SMILES string of the molecule is Cc1nc2ncc(-c3ccn4nc(N[C@H]5C[C@@H](N)C5)ncc34)cc2n1C1CC(F)(F)C1. The standard InChI is InChI=1S/C21H22F2N8/c1-11-27-19-17(31(11)15-7-21(22,23)8-15)4-12(9-25-19)16-2-3-30-18(16)10-26-20(29-30)28-14-5-13(24)6-14/h2-4,9-10,13-15H,5-8,24H2,1H3,(H,28,29)/t13-,14+. The van der Waals surface area contributed by atoms with Crippen LogP contribution in [-0.4, -0.2) is 47.1 Å². The van der Waals surface area contributed by atoms with E-state index in [9.17, 15) is 8.78 Å². The van der Waals surface area contributed by atoms with Crippen LogP contribution in [0.4, 0.5) is 14.7 Å². The predicted molar refractivity (Wildman–Crippen MR) is 112 cm³/mol. The van der Waals surface area contributed by atoms with Crippen molar-refractivity contribution >= 4 is 22.6 Å². The van der Waals surface area contributed by atoms with Gasteiger partial charge in [-0.1, -0.05) is 0 Å². The maximum absolute atomic E-state index is 13.5. The average Bonchev–Trinajstić information content (AvgIpc) is 3.24. The zero-order valence-corrected chi connectivity index (χ0v) is 17.0. The number of nitrogens with zero attached hydrogens (tertiary/aromatic N) is 6. The predicted octanol–water partition coefficient (Wildman–Crippen LogP) is 3.32. The van der Waals surface area contributed by atoms with Crippen LogP contribution in [0.1, 0.15) is 37.5 Å². The second kappa shape index (κ2) is 6.43. The minimum atomic E-state index is -2.59. The molecule has 0 amide bonds. The van der Waals surface area contributed by atoms with Gasteiger partial charge >= 0.3 is 0 Å². The van der Waals surface area contributed by atoms with Crippen molar-refractivity contribution in [2.75, 3.05) is 5.32 Å². The van der Waals surface area contributed by atoms with Gasteiger partial charge in [-0.15, -0.1) is 5.10 Å². The van der Waals surface area contributed by atoms with Gasteiger partial charge in [0.05, 0.1) is 17.2 Å². The van der Waals surface area contributed by atoms with E-state index in [1.165, 1.54) is 0 Å². The smallest absolute Gasteiger partial charge is 0.252 e. The third-order valence-electron chi connectivity index (χ3n) is 6.39. The molecule has 0 radical (unpaired) electrons. The Hall–Kier alpha value is -3.14. The lowest BCUT2D eigenvalue weighted by Crippen LogP contribution is -2.44. The first-order valence-electron chi connectivity index (χ1n) is 10.5. The van der Waals surface area contributed by atoms with Gasteiger partial charge in [0, 0.05) is 54.5 Å². The number of hydrogen-bond acceptors (Lipinski definition) is 6. The van der Waals surface area contributed by atoms with Crippen molar-refractivity contribution in [1.29, 1.82) is 0 Å². The number of imidazole rings is 1. The number of alkyl halides is 2. The van der Waals surface area contributed by atoms with Crippen LogP contribution in [0.5, 0.6) is 0 Å². The molecule has 4 heterocycles. The van der Waals surface area contributed by atoms with Crippen LogP contribution in [0.3, 0.4) is 0 Å². The minimum Gasteiger partial charge on any atom is -0.350 e. The van der Waals surface area contributed by atoms with E-state index in [-0.39, 0.29) is 24.9 Å². The van der Waals surface area contributed by atoms with Gasteiger partial charge in [-0.2, -0.15) is 0 Å². The molecule has 0 saturated heterocycles. The lowest BCUT2D eigenvalue weighted by atomic mass is 9.87. The summed E-state index contributed by atoms with van der Waals surface area (Å²) in [6.07, 6.45) is 6.94. The number of pyridine rings is 1. The van der Waals surface area contributed by atoms with Gasteiger partial charge in [-0.25, -0.2) is 28.2 Å². The number of rotatable bonds is 4. The summed E-state index contributed by atoms with van der Waals surface area (Å²) >= 11 is 0. The van der Waals surface area contributed by atoms with E-state index in [0.29, 0.717) is 23.5 Å². The number of halogens is 2. The van der Waals surface area contributed by atoms with E-state index < -0.39 is 5.92 Å². The summed E-state index contributed by atoms with van der Waals surface area (Å²) in [5.41, 5.74) is 9.83. The molecule has 0 bridgehead atoms. The maximum atomic E-state index is 13.5. The Morgan fingerprint density at radius 1 is 1.16 bits per heavy atom. The van der Waals surface area contributed by atoms with Crippen LogP contribution < -0.4 is 11.1 Å². The van der Waals surface area contributed by atoms with Crippen molar-refractivity contribution in [3.63, 3.8) is 0 Å². The first-order chi connectivity index (χ1) is 14.9. The van der Waals surface area contributed by atoms with Crippen molar-refractivity contribution in [3.05, 3.63) is 36.5 Å². The van der Waals surface area contributed by atoms with Gasteiger partial charge in [-0.3, -0.25) is 0 Å². The molecular formula is C21H22F2N8.